The van der Waals surface area contributed by atoms with E-state index in [0.29, 0.717) is 12.0 Å². The second-order valence-electron chi connectivity index (χ2n) is 3.93. The first-order valence-corrected chi connectivity index (χ1v) is 7.99. The second-order valence-corrected chi connectivity index (χ2v) is 7.10. The Bertz CT molecular complexity index is 490. The van der Waals surface area contributed by atoms with E-state index < -0.39 is 9.84 Å². The molecule has 1 aromatic rings. The fraction of sp³-hybridized carbons (Fsp3) is 0.455. The lowest BCUT2D eigenvalue weighted by Crippen LogP contribution is -2.21. The summed E-state index contributed by atoms with van der Waals surface area (Å²) in [5.41, 5.74) is 0.477. The Kier molecular flexibility index (Phi) is 5.09. The topological polar surface area (TPSA) is 46.2 Å². The number of hydrogen-bond donors (Lipinski definition) is 1. The molecule has 0 heterocycles. The van der Waals surface area contributed by atoms with Crippen molar-refractivity contribution in [3.05, 3.63) is 34.1 Å². The van der Waals surface area contributed by atoms with Crippen molar-refractivity contribution in [3.63, 3.8) is 0 Å². The minimum absolute atomic E-state index is 0.0322. The summed E-state index contributed by atoms with van der Waals surface area (Å²) in [7, 11) is -1.35. The largest absolute Gasteiger partial charge is 0.313 e. The van der Waals surface area contributed by atoms with Crippen LogP contribution in [-0.2, 0) is 9.84 Å². The predicted molar refractivity (Wildman–Crippen MR) is 70.2 cm³/mol. The van der Waals surface area contributed by atoms with Gasteiger partial charge in [-0.15, -0.1) is 0 Å². The number of sulfone groups is 1. The van der Waals surface area contributed by atoms with Crippen LogP contribution in [0.15, 0.2) is 22.7 Å². The van der Waals surface area contributed by atoms with E-state index in [9.17, 15) is 12.8 Å². The van der Waals surface area contributed by atoms with Crippen LogP contribution >= 0.6 is 15.9 Å². The van der Waals surface area contributed by atoms with Gasteiger partial charge in [-0.1, -0.05) is 15.9 Å². The Hall–Kier alpha value is -0.460. The molecule has 0 saturated carbocycles. The van der Waals surface area contributed by atoms with E-state index in [1.807, 2.05) is 0 Å². The molecule has 0 aliphatic heterocycles. The summed E-state index contributed by atoms with van der Waals surface area (Å²) in [5, 5.41) is 2.93. The summed E-state index contributed by atoms with van der Waals surface area (Å²) in [6.07, 6.45) is 1.53. The van der Waals surface area contributed by atoms with Crippen LogP contribution in [0.2, 0.25) is 0 Å². The Labute approximate surface area is 109 Å². The molecule has 6 heteroatoms. The molecule has 96 valence electrons. The van der Waals surface area contributed by atoms with Crippen LogP contribution in [-0.4, -0.2) is 27.5 Å². The Morgan fingerprint density at radius 2 is 2.12 bits per heavy atom. The van der Waals surface area contributed by atoms with Gasteiger partial charge in [0.05, 0.1) is 5.75 Å². The van der Waals surface area contributed by atoms with Gasteiger partial charge in [-0.3, -0.25) is 0 Å². The maximum atomic E-state index is 13.6. The van der Waals surface area contributed by atoms with E-state index in [-0.39, 0.29) is 17.6 Å². The zero-order valence-corrected chi connectivity index (χ0v) is 12.1. The molecule has 3 nitrogen and oxygen atoms in total. The summed E-state index contributed by atoms with van der Waals surface area (Å²) in [6, 6.07) is 4.34. The number of nitrogens with one attached hydrogen (secondary N) is 1. The average Bonchev–Trinajstić information content (AvgIpc) is 2.22. The lowest BCUT2D eigenvalue weighted by atomic mass is 10.0. The molecule has 0 aromatic heterocycles. The average molecular weight is 324 g/mol. The highest BCUT2D eigenvalue weighted by atomic mass is 79.9. The molecule has 1 unspecified atom stereocenters. The van der Waals surface area contributed by atoms with E-state index in [2.05, 4.69) is 21.2 Å². The standard InChI is InChI=1S/C11H15BrFNO2S/c1-14-11(5-6-17(2,15)16)9-7-8(12)3-4-10(9)13/h3-4,7,11,14H,5-6H2,1-2H3. The zero-order chi connectivity index (χ0) is 13.1. The molecule has 1 rings (SSSR count). The van der Waals surface area contributed by atoms with Gasteiger partial charge in [-0.25, -0.2) is 12.8 Å². The highest BCUT2D eigenvalue weighted by molar-refractivity contribution is 9.10. The number of hydrogen-bond acceptors (Lipinski definition) is 3. The highest BCUT2D eigenvalue weighted by Crippen LogP contribution is 2.24. The van der Waals surface area contributed by atoms with Crippen molar-refractivity contribution >= 4 is 25.8 Å². The predicted octanol–water partition coefficient (Wildman–Crippen LogP) is 2.28. The molecule has 0 aliphatic carbocycles. The van der Waals surface area contributed by atoms with Gasteiger partial charge in [0.2, 0.25) is 0 Å². The van der Waals surface area contributed by atoms with Crippen molar-refractivity contribution in [1.29, 1.82) is 0 Å². The molecular formula is C11H15BrFNO2S. The minimum Gasteiger partial charge on any atom is -0.313 e. The van der Waals surface area contributed by atoms with Crippen molar-refractivity contribution in [2.24, 2.45) is 0 Å². The lowest BCUT2D eigenvalue weighted by molar-refractivity contribution is 0.520. The summed E-state index contributed by atoms with van der Waals surface area (Å²) < 4.78 is 36.6. The molecule has 0 aliphatic rings. The SMILES string of the molecule is CNC(CCS(C)(=O)=O)c1cc(Br)ccc1F. The maximum absolute atomic E-state index is 13.6. The normalized spacial score (nSPS) is 13.6. The van der Waals surface area contributed by atoms with Crippen molar-refractivity contribution in [2.45, 2.75) is 12.5 Å². The Morgan fingerprint density at radius 1 is 1.47 bits per heavy atom. The van der Waals surface area contributed by atoms with E-state index >= 15 is 0 Å². The van der Waals surface area contributed by atoms with E-state index in [1.165, 1.54) is 12.3 Å². The van der Waals surface area contributed by atoms with Gasteiger partial charge in [0.15, 0.2) is 0 Å². The van der Waals surface area contributed by atoms with Crippen LogP contribution in [0.25, 0.3) is 0 Å². The number of halogens is 2. The van der Waals surface area contributed by atoms with Gasteiger partial charge in [-0.2, -0.15) is 0 Å². The molecule has 0 saturated heterocycles. The molecule has 0 bridgehead atoms. The summed E-state index contributed by atoms with van der Waals surface area (Å²) in [4.78, 5) is 0. The smallest absolute Gasteiger partial charge is 0.147 e. The third-order valence-electron chi connectivity index (χ3n) is 2.46. The van der Waals surface area contributed by atoms with Gasteiger partial charge in [0.25, 0.3) is 0 Å². The van der Waals surface area contributed by atoms with Crippen LogP contribution in [0.3, 0.4) is 0 Å². The summed E-state index contributed by atoms with van der Waals surface area (Å²) in [6.45, 7) is 0. The third kappa shape index (κ3) is 4.73. The van der Waals surface area contributed by atoms with Crippen molar-refractivity contribution in [3.8, 4) is 0 Å². The van der Waals surface area contributed by atoms with Crippen LogP contribution < -0.4 is 5.32 Å². The van der Waals surface area contributed by atoms with Crippen LogP contribution in [0, 0.1) is 5.82 Å². The fourth-order valence-corrected chi connectivity index (χ4v) is 2.61. The lowest BCUT2D eigenvalue weighted by Gasteiger charge is -2.17. The number of benzene rings is 1. The third-order valence-corrected chi connectivity index (χ3v) is 3.93. The highest BCUT2D eigenvalue weighted by Gasteiger charge is 2.16. The molecule has 0 radical (unpaired) electrons. The first kappa shape index (κ1) is 14.6. The Balaban J connectivity index is 2.90. The van der Waals surface area contributed by atoms with Crippen LogP contribution in [0.5, 0.6) is 0 Å². The van der Waals surface area contributed by atoms with E-state index in [0.717, 1.165) is 4.47 Å². The molecular weight excluding hydrogens is 309 g/mol. The summed E-state index contributed by atoms with van der Waals surface area (Å²) in [5.74, 6) is -0.300. The maximum Gasteiger partial charge on any atom is 0.147 e. The number of rotatable bonds is 5. The zero-order valence-electron chi connectivity index (χ0n) is 9.70. The van der Waals surface area contributed by atoms with Gasteiger partial charge in [0.1, 0.15) is 15.7 Å². The monoisotopic (exact) mass is 323 g/mol. The van der Waals surface area contributed by atoms with E-state index in [4.69, 9.17) is 0 Å². The molecule has 0 spiro atoms. The quantitative estimate of drug-likeness (QED) is 0.904. The van der Waals surface area contributed by atoms with Gasteiger partial charge in [-0.05, 0) is 31.7 Å². The fourth-order valence-electron chi connectivity index (χ4n) is 1.57. The van der Waals surface area contributed by atoms with Gasteiger partial charge < -0.3 is 5.32 Å². The molecule has 0 fully saturated rings. The molecule has 0 amide bonds. The van der Waals surface area contributed by atoms with Crippen molar-refractivity contribution < 1.29 is 12.8 Å². The van der Waals surface area contributed by atoms with Crippen molar-refractivity contribution in [1.82, 2.24) is 5.32 Å². The molecule has 1 atom stereocenters. The second kappa shape index (κ2) is 5.93. The van der Waals surface area contributed by atoms with Gasteiger partial charge >= 0.3 is 0 Å². The van der Waals surface area contributed by atoms with Crippen LogP contribution in [0.4, 0.5) is 4.39 Å². The first-order valence-electron chi connectivity index (χ1n) is 5.13. The first-order chi connectivity index (χ1) is 7.83. The van der Waals surface area contributed by atoms with Crippen LogP contribution in [0.1, 0.15) is 18.0 Å². The van der Waals surface area contributed by atoms with Crippen molar-refractivity contribution in [2.75, 3.05) is 19.1 Å². The van der Waals surface area contributed by atoms with E-state index in [1.54, 1.807) is 19.2 Å². The molecule has 1 N–H and O–H groups in total. The van der Waals surface area contributed by atoms with Gasteiger partial charge in [0, 0.05) is 22.3 Å². The Morgan fingerprint density at radius 3 is 2.65 bits per heavy atom. The summed E-state index contributed by atoms with van der Waals surface area (Å²) >= 11 is 3.27. The molecule has 1 aromatic carbocycles. The molecule has 17 heavy (non-hydrogen) atoms. The minimum atomic E-state index is -3.03.